The van der Waals surface area contributed by atoms with E-state index in [9.17, 15) is 0 Å². The highest BCUT2D eigenvalue weighted by molar-refractivity contribution is 7.17. The third kappa shape index (κ3) is 2.24. The average Bonchev–Trinajstić information content (AvgIpc) is 3.04. The molecule has 0 radical (unpaired) electrons. The highest BCUT2D eigenvalue weighted by Crippen LogP contribution is 2.33. The normalized spacial score (nSPS) is 12.8. The van der Waals surface area contributed by atoms with Gasteiger partial charge in [-0.25, -0.2) is 9.97 Å². The van der Waals surface area contributed by atoms with Crippen LogP contribution in [0.25, 0.3) is 10.2 Å². The molecule has 0 bridgehead atoms. The molecule has 3 heterocycles. The molecule has 5 heteroatoms. The molecule has 0 aliphatic heterocycles. The predicted molar refractivity (Wildman–Crippen MR) is 83.3 cm³/mol. The molecule has 3 aromatic rings. The lowest BCUT2D eigenvalue weighted by Gasteiger charge is -2.25. The first-order valence-corrected chi connectivity index (χ1v) is 7.84. The van der Waals surface area contributed by atoms with Crippen molar-refractivity contribution in [3.05, 3.63) is 39.7 Å². The van der Waals surface area contributed by atoms with Crippen molar-refractivity contribution in [1.82, 2.24) is 9.97 Å². The minimum absolute atomic E-state index is 0.318. The first kappa shape index (κ1) is 12.6. The summed E-state index contributed by atoms with van der Waals surface area (Å²) in [5.41, 5.74) is 1.02. The number of anilines is 1. The van der Waals surface area contributed by atoms with Gasteiger partial charge in [0.1, 0.15) is 12.1 Å². The number of rotatable bonds is 3. The summed E-state index contributed by atoms with van der Waals surface area (Å²) in [4.78, 5) is 13.7. The average molecular weight is 289 g/mol. The summed E-state index contributed by atoms with van der Waals surface area (Å²) >= 11 is 3.54. The molecule has 0 amide bonds. The van der Waals surface area contributed by atoms with E-state index in [1.54, 1.807) is 17.7 Å². The Bertz CT molecular complexity index is 701. The Morgan fingerprint density at radius 1 is 1.21 bits per heavy atom. The SMILES string of the molecule is Cc1ccc(C(C)N(C)c2ncnc3ccsc23)s1. The van der Waals surface area contributed by atoms with Crippen LogP contribution in [0.2, 0.25) is 0 Å². The Kier molecular flexibility index (Phi) is 3.24. The molecule has 1 atom stereocenters. The van der Waals surface area contributed by atoms with E-state index >= 15 is 0 Å². The van der Waals surface area contributed by atoms with Crippen LogP contribution >= 0.6 is 22.7 Å². The van der Waals surface area contributed by atoms with E-state index in [2.05, 4.69) is 53.3 Å². The summed E-state index contributed by atoms with van der Waals surface area (Å²) in [7, 11) is 2.10. The van der Waals surface area contributed by atoms with Crippen molar-refractivity contribution in [2.24, 2.45) is 0 Å². The Morgan fingerprint density at radius 2 is 2.05 bits per heavy atom. The second-order valence-electron chi connectivity index (χ2n) is 4.57. The number of aromatic nitrogens is 2. The Labute approximate surface area is 120 Å². The summed E-state index contributed by atoms with van der Waals surface area (Å²) < 4.78 is 1.16. The maximum absolute atomic E-state index is 4.46. The zero-order valence-electron chi connectivity index (χ0n) is 11.1. The molecule has 1 unspecified atom stereocenters. The van der Waals surface area contributed by atoms with Gasteiger partial charge in [0.25, 0.3) is 0 Å². The number of hydrogen-bond acceptors (Lipinski definition) is 5. The fourth-order valence-corrected chi connectivity index (χ4v) is 3.93. The number of thiophene rings is 2. The van der Waals surface area contributed by atoms with Crippen LogP contribution in [0, 0.1) is 6.92 Å². The first-order chi connectivity index (χ1) is 9.16. The van der Waals surface area contributed by atoms with Gasteiger partial charge in [0, 0.05) is 16.8 Å². The van der Waals surface area contributed by atoms with Gasteiger partial charge in [-0.1, -0.05) is 0 Å². The molecule has 0 N–H and O–H groups in total. The van der Waals surface area contributed by atoms with Gasteiger partial charge in [-0.05, 0) is 37.4 Å². The molecule has 3 rings (SSSR count). The van der Waals surface area contributed by atoms with E-state index in [1.807, 2.05) is 17.4 Å². The minimum Gasteiger partial charge on any atom is -0.351 e. The smallest absolute Gasteiger partial charge is 0.150 e. The lowest BCUT2D eigenvalue weighted by Crippen LogP contribution is -2.22. The molecular weight excluding hydrogens is 274 g/mol. The summed E-state index contributed by atoms with van der Waals surface area (Å²) in [5, 5.41) is 2.07. The third-order valence-electron chi connectivity index (χ3n) is 3.31. The van der Waals surface area contributed by atoms with Crippen molar-refractivity contribution in [2.75, 3.05) is 11.9 Å². The molecule has 0 spiro atoms. The van der Waals surface area contributed by atoms with E-state index in [4.69, 9.17) is 0 Å². The van der Waals surface area contributed by atoms with Crippen molar-refractivity contribution in [1.29, 1.82) is 0 Å². The van der Waals surface area contributed by atoms with Crippen LogP contribution in [-0.4, -0.2) is 17.0 Å². The van der Waals surface area contributed by atoms with Gasteiger partial charge in [-0.3, -0.25) is 0 Å². The molecule has 0 aromatic carbocycles. The highest BCUT2D eigenvalue weighted by atomic mass is 32.1. The topological polar surface area (TPSA) is 29.0 Å². The lowest BCUT2D eigenvalue weighted by molar-refractivity contribution is 0.745. The third-order valence-corrected chi connectivity index (χ3v) is 5.38. The molecule has 0 fully saturated rings. The first-order valence-electron chi connectivity index (χ1n) is 6.14. The molecule has 0 aliphatic rings. The zero-order chi connectivity index (χ0) is 13.4. The van der Waals surface area contributed by atoms with Crippen LogP contribution < -0.4 is 4.90 Å². The van der Waals surface area contributed by atoms with Crippen LogP contribution in [0.4, 0.5) is 5.82 Å². The van der Waals surface area contributed by atoms with Crippen molar-refractivity contribution in [2.45, 2.75) is 19.9 Å². The van der Waals surface area contributed by atoms with Crippen LogP contribution in [0.15, 0.2) is 29.9 Å². The van der Waals surface area contributed by atoms with Crippen molar-refractivity contribution < 1.29 is 0 Å². The van der Waals surface area contributed by atoms with Gasteiger partial charge >= 0.3 is 0 Å². The molecule has 0 saturated heterocycles. The van der Waals surface area contributed by atoms with Crippen molar-refractivity contribution >= 4 is 38.7 Å². The summed E-state index contributed by atoms with van der Waals surface area (Å²) in [6.07, 6.45) is 1.65. The molecule has 0 aliphatic carbocycles. The van der Waals surface area contributed by atoms with E-state index in [0.717, 1.165) is 16.0 Å². The van der Waals surface area contributed by atoms with Crippen LogP contribution in [0.5, 0.6) is 0 Å². The molecule has 0 saturated carbocycles. The lowest BCUT2D eigenvalue weighted by atomic mass is 10.2. The Balaban J connectivity index is 1.99. The zero-order valence-corrected chi connectivity index (χ0v) is 12.8. The van der Waals surface area contributed by atoms with Crippen LogP contribution in [-0.2, 0) is 0 Å². The fourth-order valence-electron chi connectivity index (χ4n) is 2.08. The number of aryl methyl sites for hydroxylation is 1. The van der Waals surface area contributed by atoms with Gasteiger partial charge in [-0.15, -0.1) is 22.7 Å². The number of fused-ring (bicyclic) bond motifs is 1. The summed E-state index contributed by atoms with van der Waals surface area (Å²) in [6, 6.07) is 6.73. The van der Waals surface area contributed by atoms with Gasteiger partial charge in [0.15, 0.2) is 0 Å². The van der Waals surface area contributed by atoms with Gasteiger partial charge < -0.3 is 4.90 Å². The molecule has 3 nitrogen and oxygen atoms in total. The predicted octanol–water partition coefficient (Wildman–Crippen LogP) is 4.26. The number of hydrogen-bond donors (Lipinski definition) is 0. The van der Waals surface area contributed by atoms with Crippen molar-refractivity contribution in [3.8, 4) is 0 Å². The summed E-state index contributed by atoms with van der Waals surface area (Å²) in [6.45, 7) is 4.36. The van der Waals surface area contributed by atoms with E-state index in [0.29, 0.717) is 6.04 Å². The van der Waals surface area contributed by atoms with Crippen LogP contribution in [0.1, 0.15) is 22.7 Å². The fraction of sp³-hybridized carbons (Fsp3) is 0.286. The second-order valence-corrected chi connectivity index (χ2v) is 6.80. The van der Waals surface area contributed by atoms with Gasteiger partial charge in [0.2, 0.25) is 0 Å². The number of nitrogens with zero attached hydrogens (tertiary/aromatic N) is 3. The van der Waals surface area contributed by atoms with Crippen molar-refractivity contribution in [3.63, 3.8) is 0 Å². The standard InChI is InChI=1S/C14H15N3S2/c1-9-4-5-12(19-9)10(2)17(3)14-13-11(6-7-18-13)15-8-16-14/h4-8,10H,1-3H3. The summed E-state index contributed by atoms with van der Waals surface area (Å²) in [5.74, 6) is 1.01. The molecule has 98 valence electrons. The quantitative estimate of drug-likeness (QED) is 0.721. The molecular formula is C14H15N3S2. The Hall–Kier alpha value is -1.46. The van der Waals surface area contributed by atoms with E-state index in [1.165, 1.54) is 9.75 Å². The maximum Gasteiger partial charge on any atom is 0.150 e. The van der Waals surface area contributed by atoms with E-state index in [-0.39, 0.29) is 0 Å². The maximum atomic E-state index is 4.46. The van der Waals surface area contributed by atoms with Gasteiger partial charge in [0.05, 0.1) is 16.3 Å². The Morgan fingerprint density at radius 3 is 2.79 bits per heavy atom. The minimum atomic E-state index is 0.318. The van der Waals surface area contributed by atoms with Crippen LogP contribution in [0.3, 0.4) is 0 Å². The molecule has 3 aromatic heterocycles. The highest BCUT2D eigenvalue weighted by Gasteiger charge is 2.17. The largest absolute Gasteiger partial charge is 0.351 e. The van der Waals surface area contributed by atoms with Gasteiger partial charge in [-0.2, -0.15) is 0 Å². The second kappa shape index (κ2) is 4.90. The van der Waals surface area contributed by atoms with E-state index < -0.39 is 0 Å². The molecule has 19 heavy (non-hydrogen) atoms. The monoisotopic (exact) mass is 289 g/mol.